The Labute approximate surface area is 156 Å². The van der Waals surface area contributed by atoms with E-state index in [9.17, 15) is 14.9 Å². The zero-order valence-corrected chi connectivity index (χ0v) is 14.1. The number of hydrazone groups is 1. The Hall–Kier alpha value is -4.59. The standard InChI is InChI=1S/C17H12N8O3/c18-8-14(15(19)20)24-23-13-7-9(25(27)28)5-6-10(13)16-21-12-4-2-1-3-11(12)17(26)22-16/h1-7,23H,(H3,19,20)(H,21,22,26)/b24-14+. The van der Waals surface area contributed by atoms with Crippen LogP contribution in [0.25, 0.3) is 22.3 Å². The Bertz CT molecular complexity index is 1240. The lowest BCUT2D eigenvalue weighted by atomic mass is 10.1. The van der Waals surface area contributed by atoms with Crippen LogP contribution in [0.2, 0.25) is 0 Å². The number of nitro groups is 1. The number of amidine groups is 1. The van der Waals surface area contributed by atoms with Crippen molar-refractivity contribution >= 4 is 33.8 Å². The van der Waals surface area contributed by atoms with Gasteiger partial charge in [-0.15, -0.1) is 0 Å². The molecule has 0 saturated heterocycles. The molecule has 5 N–H and O–H groups in total. The summed E-state index contributed by atoms with van der Waals surface area (Å²) in [5.74, 6) is -0.420. The molecule has 2 aromatic carbocycles. The number of nitrogens with zero attached hydrogens (tertiary/aromatic N) is 4. The van der Waals surface area contributed by atoms with Crippen LogP contribution in [0.1, 0.15) is 0 Å². The van der Waals surface area contributed by atoms with Gasteiger partial charge in [-0.1, -0.05) is 12.1 Å². The van der Waals surface area contributed by atoms with Gasteiger partial charge in [0, 0.05) is 17.7 Å². The number of nitro benzene ring substituents is 1. The Balaban J connectivity index is 2.18. The summed E-state index contributed by atoms with van der Waals surface area (Å²) in [5, 5.41) is 31.4. The number of nitrogens with two attached hydrogens (primary N) is 1. The zero-order chi connectivity index (χ0) is 20.3. The van der Waals surface area contributed by atoms with E-state index in [0.717, 1.165) is 0 Å². The molecule has 0 unspecified atom stereocenters. The molecule has 0 aliphatic heterocycles. The van der Waals surface area contributed by atoms with Gasteiger partial charge >= 0.3 is 0 Å². The normalized spacial score (nSPS) is 11.0. The number of aromatic nitrogens is 2. The first-order valence-corrected chi connectivity index (χ1v) is 7.76. The van der Waals surface area contributed by atoms with E-state index in [0.29, 0.717) is 16.5 Å². The second-order valence-corrected chi connectivity index (χ2v) is 5.52. The van der Waals surface area contributed by atoms with E-state index in [4.69, 9.17) is 16.4 Å². The maximum absolute atomic E-state index is 12.3. The van der Waals surface area contributed by atoms with E-state index in [1.54, 1.807) is 30.3 Å². The third kappa shape index (κ3) is 3.51. The van der Waals surface area contributed by atoms with Crippen molar-refractivity contribution in [3.05, 3.63) is 62.9 Å². The van der Waals surface area contributed by atoms with Crippen molar-refractivity contribution in [3.8, 4) is 17.5 Å². The van der Waals surface area contributed by atoms with Crippen LogP contribution in [0.3, 0.4) is 0 Å². The van der Waals surface area contributed by atoms with Gasteiger partial charge in [0.25, 0.3) is 11.2 Å². The average Bonchev–Trinajstić information content (AvgIpc) is 2.68. The van der Waals surface area contributed by atoms with Gasteiger partial charge in [-0.25, -0.2) is 4.98 Å². The number of non-ortho nitro benzene ring substituents is 1. The summed E-state index contributed by atoms with van der Waals surface area (Å²) in [5.41, 5.74) is 7.54. The van der Waals surface area contributed by atoms with Crippen LogP contribution in [0.5, 0.6) is 0 Å². The molecule has 3 rings (SSSR count). The number of hydrogen-bond acceptors (Lipinski definition) is 8. The van der Waals surface area contributed by atoms with Gasteiger partial charge in [0.1, 0.15) is 11.9 Å². The fourth-order valence-electron chi connectivity index (χ4n) is 2.42. The topological polar surface area (TPSA) is 187 Å². The van der Waals surface area contributed by atoms with E-state index >= 15 is 0 Å². The number of para-hydroxylation sites is 1. The molecular formula is C17H12N8O3. The predicted octanol–water partition coefficient (Wildman–Crippen LogP) is 1.73. The number of fused-ring (bicyclic) bond motifs is 1. The van der Waals surface area contributed by atoms with Crippen molar-refractivity contribution in [1.29, 1.82) is 10.7 Å². The van der Waals surface area contributed by atoms with Crippen LogP contribution in [0.4, 0.5) is 11.4 Å². The molecule has 1 heterocycles. The van der Waals surface area contributed by atoms with Crippen LogP contribution < -0.4 is 16.7 Å². The Kier molecular flexibility index (Phi) is 4.77. The van der Waals surface area contributed by atoms with Crippen molar-refractivity contribution < 1.29 is 4.92 Å². The predicted molar refractivity (Wildman–Crippen MR) is 103 cm³/mol. The summed E-state index contributed by atoms with van der Waals surface area (Å²) in [7, 11) is 0. The first-order valence-electron chi connectivity index (χ1n) is 7.76. The molecule has 0 spiro atoms. The highest BCUT2D eigenvalue weighted by molar-refractivity contribution is 6.45. The highest BCUT2D eigenvalue weighted by Crippen LogP contribution is 2.29. The summed E-state index contributed by atoms with van der Waals surface area (Å²) in [6.07, 6.45) is 0. The van der Waals surface area contributed by atoms with Crippen molar-refractivity contribution in [2.24, 2.45) is 10.8 Å². The monoisotopic (exact) mass is 376 g/mol. The van der Waals surface area contributed by atoms with Gasteiger partial charge < -0.3 is 10.7 Å². The second kappa shape index (κ2) is 7.34. The molecule has 0 amide bonds. The van der Waals surface area contributed by atoms with Crippen molar-refractivity contribution in [2.45, 2.75) is 0 Å². The summed E-state index contributed by atoms with van der Waals surface area (Å²) in [6, 6.07) is 12.2. The zero-order valence-electron chi connectivity index (χ0n) is 14.1. The Morgan fingerprint density at radius 3 is 2.79 bits per heavy atom. The van der Waals surface area contributed by atoms with Crippen LogP contribution in [-0.4, -0.2) is 26.4 Å². The van der Waals surface area contributed by atoms with Crippen LogP contribution in [-0.2, 0) is 0 Å². The molecule has 11 heteroatoms. The summed E-state index contributed by atoms with van der Waals surface area (Å²) in [4.78, 5) is 29.8. The van der Waals surface area contributed by atoms with Gasteiger partial charge in [-0.05, 0) is 18.2 Å². The van der Waals surface area contributed by atoms with Crippen molar-refractivity contribution in [2.75, 3.05) is 5.43 Å². The summed E-state index contributed by atoms with van der Waals surface area (Å²) < 4.78 is 0. The van der Waals surface area contributed by atoms with E-state index < -0.39 is 16.5 Å². The maximum atomic E-state index is 12.3. The lowest BCUT2D eigenvalue weighted by Gasteiger charge is -2.09. The molecule has 0 aliphatic carbocycles. The molecule has 1 aromatic heterocycles. The third-order valence-electron chi connectivity index (χ3n) is 3.73. The molecule has 138 valence electrons. The highest BCUT2D eigenvalue weighted by Gasteiger charge is 2.15. The highest BCUT2D eigenvalue weighted by atomic mass is 16.6. The lowest BCUT2D eigenvalue weighted by molar-refractivity contribution is -0.384. The van der Waals surface area contributed by atoms with Gasteiger partial charge in [0.15, 0.2) is 5.84 Å². The molecule has 0 aliphatic rings. The number of nitriles is 1. The molecule has 28 heavy (non-hydrogen) atoms. The number of benzene rings is 2. The SMILES string of the molecule is N#C/C(=N\Nc1cc([N+](=O)[O-])ccc1-c1nc2ccccc2c(=O)[nH]1)C(=N)N. The fraction of sp³-hybridized carbons (Fsp3) is 0. The minimum atomic E-state index is -0.606. The fourth-order valence-corrected chi connectivity index (χ4v) is 2.42. The lowest BCUT2D eigenvalue weighted by Crippen LogP contribution is -2.22. The largest absolute Gasteiger partial charge is 0.382 e. The number of aromatic amines is 1. The van der Waals surface area contributed by atoms with E-state index in [1.807, 2.05) is 0 Å². The van der Waals surface area contributed by atoms with Crippen LogP contribution in [0, 0.1) is 26.9 Å². The van der Waals surface area contributed by atoms with Gasteiger partial charge in [0.2, 0.25) is 5.71 Å². The number of hydrogen-bond donors (Lipinski definition) is 4. The molecule has 0 radical (unpaired) electrons. The number of H-pyrrole nitrogens is 1. The summed E-state index contributed by atoms with van der Waals surface area (Å²) in [6.45, 7) is 0. The maximum Gasteiger partial charge on any atom is 0.271 e. The number of rotatable bonds is 5. The van der Waals surface area contributed by atoms with Crippen molar-refractivity contribution in [3.63, 3.8) is 0 Å². The molecule has 0 fully saturated rings. The van der Waals surface area contributed by atoms with Crippen LogP contribution >= 0.6 is 0 Å². The molecule has 11 nitrogen and oxygen atoms in total. The smallest absolute Gasteiger partial charge is 0.271 e. The molecule has 0 atom stereocenters. The average molecular weight is 376 g/mol. The van der Waals surface area contributed by atoms with Crippen molar-refractivity contribution in [1.82, 2.24) is 9.97 Å². The Morgan fingerprint density at radius 1 is 1.36 bits per heavy atom. The number of nitrogens with one attached hydrogen (secondary N) is 3. The quantitative estimate of drug-likeness (QED) is 0.226. The number of anilines is 1. The summed E-state index contributed by atoms with van der Waals surface area (Å²) >= 11 is 0. The van der Waals surface area contributed by atoms with Crippen LogP contribution in [0.15, 0.2) is 52.4 Å². The van der Waals surface area contributed by atoms with Gasteiger partial charge in [-0.2, -0.15) is 10.4 Å². The van der Waals surface area contributed by atoms with E-state index in [2.05, 4.69) is 20.5 Å². The Morgan fingerprint density at radius 2 is 2.11 bits per heavy atom. The molecule has 0 saturated carbocycles. The van der Waals surface area contributed by atoms with E-state index in [-0.39, 0.29) is 22.8 Å². The third-order valence-corrected chi connectivity index (χ3v) is 3.73. The minimum Gasteiger partial charge on any atom is -0.382 e. The second-order valence-electron chi connectivity index (χ2n) is 5.52. The minimum absolute atomic E-state index is 0.0987. The molecular weight excluding hydrogens is 364 g/mol. The van der Waals surface area contributed by atoms with E-state index in [1.165, 1.54) is 18.2 Å². The van der Waals surface area contributed by atoms with Gasteiger partial charge in [-0.3, -0.25) is 25.7 Å². The first-order chi connectivity index (χ1) is 13.4. The molecule has 0 bridgehead atoms. The van der Waals surface area contributed by atoms with Gasteiger partial charge in [0.05, 0.1) is 21.5 Å². The first kappa shape index (κ1) is 18.2. The molecule has 3 aromatic rings.